The van der Waals surface area contributed by atoms with Crippen LogP contribution in [0, 0.1) is 0 Å². The van der Waals surface area contributed by atoms with Gasteiger partial charge in [0.15, 0.2) is 5.75 Å². The molecule has 1 atom stereocenters. The summed E-state index contributed by atoms with van der Waals surface area (Å²) in [5.41, 5.74) is 1.20. The monoisotopic (exact) mass is 559 g/mol. The molecule has 1 unspecified atom stereocenters. The third kappa shape index (κ3) is 11.9. The molecule has 0 aliphatic carbocycles. The molecule has 1 N–H and O–H groups in total. The molecule has 0 bridgehead atoms. The van der Waals surface area contributed by atoms with Gasteiger partial charge in [-0.05, 0) is 81.1 Å². The molecule has 1 amide bonds. The summed E-state index contributed by atoms with van der Waals surface area (Å²) in [5, 5.41) is 2.89. The summed E-state index contributed by atoms with van der Waals surface area (Å²) in [6.45, 7) is 11.3. The summed E-state index contributed by atoms with van der Waals surface area (Å²) in [4.78, 5) is 27.1. The lowest BCUT2D eigenvalue weighted by Crippen LogP contribution is -2.30. The Balaban J connectivity index is 0.000000346. The number of ether oxygens (including phenoxy) is 3. The van der Waals surface area contributed by atoms with Crippen molar-refractivity contribution in [1.29, 1.82) is 0 Å². The van der Waals surface area contributed by atoms with Crippen molar-refractivity contribution in [2.24, 2.45) is 0 Å². The summed E-state index contributed by atoms with van der Waals surface area (Å²) in [6, 6.07) is 8.79. The normalized spacial score (nSPS) is 11.4. The van der Waals surface area contributed by atoms with E-state index in [-0.39, 0.29) is 24.2 Å². The number of nitrogens with zero attached hydrogens (tertiary/aromatic N) is 4. The van der Waals surface area contributed by atoms with Gasteiger partial charge in [-0.3, -0.25) is 4.79 Å². The molecule has 0 aliphatic heterocycles. The van der Waals surface area contributed by atoms with E-state index in [2.05, 4.69) is 41.2 Å². The zero-order chi connectivity index (χ0) is 26.5. The average molecular weight is 560 g/mol. The Morgan fingerprint density at radius 3 is 1.81 bits per heavy atom. The molecule has 9 nitrogen and oxygen atoms in total. The van der Waals surface area contributed by atoms with Crippen LogP contribution in [0.3, 0.4) is 0 Å². The van der Waals surface area contributed by atoms with Crippen LogP contribution in [-0.2, 0) is 11.2 Å². The lowest BCUT2D eigenvalue weighted by molar-refractivity contribution is -0.119. The van der Waals surface area contributed by atoms with Crippen LogP contribution < -0.4 is 19.5 Å². The smallest absolute Gasteiger partial charge is 0.316 e. The van der Waals surface area contributed by atoms with Crippen molar-refractivity contribution >= 4 is 21.8 Å². The number of aromatic nitrogens is 4. The van der Waals surface area contributed by atoms with E-state index in [4.69, 9.17) is 14.2 Å². The highest BCUT2D eigenvalue weighted by Crippen LogP contribution is 2.22. The largest absolute Gasteiger partial charge is 0.461 e. The second-order valence-electron chi connectivity index (χ2n) is 8.60. The maximum absolute atomic E-state index is 11.0. The van der Waals surface area contributed by atoms with E-state index < -0.39 is 0 Å². The number of aryl methyl sites for hydroxylation is 1. The first-order chi connectivity index (χ1) is 17.1. The van der Waals surface area contributed by atoms with Crippen molar-refractivity contribution in [2.45, 2.75) is 72.6 Å². The summed E-state index contributed by atoms with van der Waals surface area (Å²) in [6.07, 6.45) is 8.44. The van der Waals surface area contributed by atoms with Crippen LogP contribution in [0.15, 0.2) is 53.5 Å². The van der Waals surface area contributed by atoms with Crippen LogP contribution in [0.25, 0.3) is 0 Å². The first-order valence-corrected chi connectivity index (χ1v) is 12.6. The Labute approximate surface area is 221 Å². The zero-order valence-electron chi connectivity index (χ0n) is 21.6. The molecular formula is C26H34BrN5O4. The first kappa shape index (κ1) is 29.0. The van der Waals surface area contributed by atoms with Gasteiger partial charge in [-0.2, -0.15) is 9.97 Å². The number of rotatable bonds is 10. The van der Waals surface area contributed by atoms with Gasteiger partial charge in [0.2, 0.25) is 5.91 Å². The number of hydrogen-bond donors (Lipinski definition) is 1. The van der Waals surface area contributed by atoms with Gasteiger partial charge in [0.05, 0.1) is 29.1 Å². The van der Waals surface area contributed by atoms with E-state index in [1.54, 1.807) is 24.8 Å². The van der Waals surface area contributed by atoms with Crippen molar-refractivity contribution in [3.05, 3.63) is 59.1 Å². The molecule has 36 heavy (non-hydrogen) atoms. The fraction of sp³-hybridized carbons (Fsp3) is 0.423. The molecule has 0 radical (unpaired) electrons. The van der Waals surface area contributed by atoms with E-state index in [9.17, 15) is 4.79 Å². The van der Waals surface area contributed by atoms with Crippen molar-refractivity contribution in [2.75, 3.05) is 0 Å². The van der Waals surface area contributed by atoms with Crippen LogP contribution in [0.5, 0.6) is 23.5 Å². The van der Waals surface area contributed by atoms with Gasteiger partial charge in [-0.1, -0.05) is 12.1 Å². The van der Waals surface area contributed by atoms with Crippen molar-refractivity contribution in [3.63, 3.8) is 0 Å². The van der Waals surface area contributed by atoms with Gasteiger partial charge >= 0.3 is 12.0 Å². The highest BCUT2D eigenvalue weighted by Gasteiger charge is 2.06. The third-order valence-electron chi connectivity index (χ3n) is 4.36. The second-order valence-corrected chi connectivity index (χ2v) is 9.52. The number of nitrogens with one attached hydrogen (secondary N) is 1. The Hall–Kier alpha value is -3.27. The summed E-state index contributed by atoms with van der Waals surface area (Å²) < 4.78 is 17.2. The minimum Gasteiger partial charge on any atom is -0.461 e. The van der Waals surface area contributed by atoms with Crippen LogP contribution in [0.1, 0.15) is 53.5 Å². The predicted octanol–water partition coefficient (Wildman–Crippen LogP) is 5.54. The van der Waals surface area contributed by atoms with Crippen molar-refractivity contribution in [3.8, 4) is 23.5 Å². The summed E-state index contributed by atoms with van der Waals surface area (Å²) in [5.74, 6) is 1.28. The molecule has 10 heteroatoms. The Morgan fingerprint density at radius 1 is 0.833 bits per heavy atom. The van der Waals surface area contributed by atoms with Crippen LogP contribution in [-0.4, -0.2) is 44.1 Å². The van der Waals surface area contributed by atoms with Crippen molar-refractivity contribution in [1.82, 2.24) is 25.3 Å². The predicted molar refractivity (Wildman–Crippen MR) is 141 cm³/mol. The minimum atomic E-state index is 0.00304. The fourth-order valence-electron chi connectivity index (χ4n) is 2.86. The van der Waals surface area contributed by atoms with E-state index >= 15 is 0 Å². The Morgan fingerprint density at radius 2 is 1.33 bits per heavy atom. The highest BCUT2D eigenvalue weighted by atomic mass is 79.9. The summed E-state index contributed by atoms with van der Waals surface area (Å²) >= 11 is 3.23. The quantitative estimate of drug-likeness (QED) is 0.345. The number of carbonyl (C=O) groups is 1. The van der Waals surface area contributed by atoms with Gasteiger partial charge < -0.3 is 19.5 Å². The van der Waals surface area contributed by atoms with Crippen LogP contribution in [0.2, 0.25) is 0 Å². The molecule has 0 saturated carbocycles. The van der Waals surface area contributed by atoms with E-state index in [0.29, 0.717) is 17.8 Å². The number of benzene rings is 1. The fourth-order valence-corrected chi connectivity index (χ4v) is 3.07. The summed E-state index contributed by atoms with van der Waals surface area (Å²) in [7, 11) is 0. The maximum atomic E-state index is 11.0. The van der Waals surface area contributed by atoms with E-state index in [0.717, 1.165) is 23.1 Å². The van der Waals surface area contributed by atoms with Gasteiger partial charge in [0, 0.05) is 25.4 Å². The molecular weight excluding hydrogens is 526 g/mol. The Kier molecular flexibility index (Phi) is 12.0. The van der Waals surface area contributed by atoms with E-state index in [1.807, 2.05) is 58.9 Å². The molecule has 1 aromatic carbocycles. The van der Waals surface area contributed by atoms with Gasteiger partial charge in [0.25, 0.3) is 0 Å². The number of hydrogen-bond acceptors (Lipinski definition) is 8. The molecule has 3 aromatic rings. The highest BCUT2D eigenvalue weighted by molar-refractivity contribution is 9.10. The minimum absolute atomic E-state index is 0.00304. The van der Waals surface area contributed by atoms with Gasteiger partial charge in [-0.25, -0.2) is 9.97 Å². The number of amides is 1. The molecule has 0 aliphatic rings. The standard InChI is InChI=1S/C19H25N3O3.C7H9BrN2O/c1-13(2)24-19-20-11-18(12-21-19)25-17-9-7-16(8-10-17)6-5-14(3)22-15(4)23;1-5(2)11-7-9-3-6(8)4-10-7/h7-14H,5-6H2,1-4H3,(H,22,23);3-5H,1-2H3. The van der Waals surface area contributed by atoms with Crippen LogP contribution >= 0.6 is 15.9 Å². The topological polar surface area (TPSA) is 108 Å². The number of carbonyl (C=O) groups excluding carboxylic acids is 1. The third-order valence-corrected chi connectivity index (χ3v) is 4.77. The molecule has 2 aromatic heterocycles. The molecule has 194 valence electrons. The zero-order valence-corrected chi connectivity index (χ0v) is 23.2. The first-order valence-electron chi connectivity index (χ1n) is 11.8. The van der Waals surface area contributed by atoms with Crippen molar-refractivity contribution < 1.29 is 19.0 Å². The Bertz CT molecular complexity index is 1050. The van der Waals surface area contributed by atoms with Gasteiger partial charge in [-0.15, -0.1) is 0 Å². The molecule has 0 saturated heterocycles. The molecule has 3 rings (SSSR count). The maximum Gasteiger partial charge on any atom is 0.316 e. The number of halogens is 1. The molecule has 0 spiro atoms. The molecule has 0 fully saturated rings. The second kappa shape index (κ2) is 15.0. The average Bonchev–Trinajstić information content (AvgIpc) is 2.81. The lowest BCUT2D eigenvalue weighted by atomic mass is 10.1. The molecule has 2 heterocycles. The SMILES string of the molecule is CC(=O)NC(C)CCc1ccc(Oc2cnc(OC(C)C)nc2)cc1.CC(C)Oc1ncc(Br)cn1. The van der Waals surface area contributed by atoms with Crippen LogP contribution in [0.4, 0.5) is 0 Å². The van der Waals surface area contributed by atoms with Gasteiger partial charge in [0.1, 0.15) is 5.75 Å². The van der Waals surface area contributed by atoms with E-state index in [1.165, 1.54) is 12.5 Å². The lowest BCUT2D eigenvalue weighted by Gasteiger charge is -2.12.